The Balaban J connectivity index is 2.51. The zero-order valence-electron chi connectivity index (χ0n) is 14.2. The molecule has 21 heavy (non-hydrogen) atoms. The van der Waals surface area contributed by atoms with Crippen LogP contribution in [0, 0.1) is 27.7 Å². The molecule has 2 rings (SSSR count). The molecule has 0 saturated heterocycles. The lowest BCUT2D eigenvalue weighted by molar-refractivity contribution is 0.589. The van der Waals surface area contributed by atoms with Crippen LogP contribution in [-0.2, 0) is 6.54 Å². The minimum atomic E-state index is 0.500. The summed E-state index contributed by atoms with van der Waals surface area (Å²) in [6, 6.07) is 11.9. The van der Waals surface area contributed by atoms with Gasteiger partial charge < -0.3 is 5.32 Å². The fourth-order valence-corrected chi connectivity index (χ4v) is 2.66. The predicted octanol–water partition coefficient (Wildman–Crippen LogP) is 5.09. The van der Waals surface area contributed by atoms with Crippen molar-refractivity contribution in [2.75, 3.05) is 0 Å². The first kappa shape index (κ1) is 15.8. The molecule has 1 N–H and O–H groups in total. The molecule has 0 aliphatic carbocycles. The fourth-order valence-electron chi connectivity index (χ4n) is 2.66. The van der Waals surface area contributed by atoms with Crippen molar-refractivity contribution < 1.29 is 0 Å². The van der Waals surface area contributed by atoms with Gasteiger partial charge >= 0.3 is 0 Å². The molecule has 0 radical (unpaired) electrons. The smallest absolute Gasteiger partial charge is 0.0214 e. The topological polar surface area (TPSA) is 12.0 Å². The Morgan fingerprint density at radius 2 is 1.48 bits per heavy atom. The zero-order valence-corrected chi connectivity index (χ0v) is 14.2. The summed E-state index contributed by atoms with van der Waals surface area (Å²) in [5.41, 5.74) is 9.50. The maximum atomic E-state index is 3.54. The molecule has 0 aliphatic heterocycles. The third kappa shape index (κ3) is 3.74. The van der Waals surface area contributed by atoms with Gasteiger partial charge in [0, 0.05) is 12.6 Å². The lowest BCUT2D eigenvalue weighted by Crippen LogP contribution is -2.22. The quantitative estimate of drug-likeness (QED) is 0.823. The molecule has 1 heteroatoms. The molecule has 1 nitrogen and oxygen atoms in total. The van der Waals surface area contributed by atoms with Crippen LogP contribution in [0.5, 0.6) is 0 Å². The number of hydrogen-bond donors (Lipinski definition) is 1. The number of benzene rings is 2. The molecule has 112 valence electrons. The van der Waals surface area contributed by atoms with Crippen LogP contribution in [0.2, 0.25) is 0 Å². The summed E-state index contributed by atoms with van der Waals surface area (Å²) >= 11 is 0. The van der Waals surface area contributed by atoms with Crippen LogP contribution >= 0.6 is 0 Å². The summed E-state index contributed by atoms with van der Waals surface area (Å²) in [7, 11) is 0. The number of hydrogen-bond acceptors (Lipinski definition) is 1. The lowest BCUT2D eigenvalue weighted by Gasteiger charge is -2.17. The molecule has 0 unspecified atom stereocenters. The van der Waals surface area contributed by atoms with E-state index in [1.54, 1.807) is 0 Å². The van der Waals surface area contributed by atoms with Crippen molar-refractivity contribution in [1.82, 2.24) is 5.32 Å². The Bertz CT molecular complexity index is 639. The molecule has 2 aromatic rings. The van der Waals surface area contributed by atoms with Crippen molar-refractivity contribution in [2.24, 2.45) is 0 Å². The van der Waals surface area contributed by atoms with Gasteiger partial charge in [-0.25, -0.2) is 0 Å². The molecule has 2 aromatic carbocycles. The molecule has 0 aliphatic rings. The molecular weight excluding hydrogens is 254 g/mol. The van der Waals surface area contributed by atoms with E-state index >= 15 is 0 Å². The van der Waals surface area contributed by atoms with Crippen LogP contribution in [0.1, 0.15) is 41.7 Å². The first-order chi connectivity index (χ1) is 9.88. The Labute approximate surface area is 129 Å². The van der Waals surface area contributed by atoms with Gasteiger partial charge in [0.1, 0.15) is 0 Å². The van der Waals surface area contributed by atoms with Crippen molar-refractivity contribution >= 4 is 0 Å². The van der Waals surface area contributed by atoms with Gasteiger partial charge in [-0.15, -0.1) is 0 Å². The molecule has 0 spiro atoms. The minimum absolute atomic E-state index is 0.500. The normalized spacial score (nSPS) is 11.2. The lowest BCUT2D eigenvalue weighted by atomic mass is 9.91. The van der Waals surface area contributed by atoms with E-state index in [1.807, 2.05) is 0 Å². The Kier molecular flexibility index (Phi) is 4.84. The van der Waals surface area contributed by atoms with Crippen molar-refractivity contribution in [2.45, 2.75) is 54.1 Å². The highest BCUT2D eigenvalue weighted by atomic mass is 14.9. The van der Waals surface area contributed by atoms with E-state index in [2.05, 4.69) is 77.2 Å². The van der Waals surface area contributed by atoms with Gasteiger partial charge in [-0.3, -0.25) is 0 Å². The van der Waals surface area contributed by atoms with Gasteiger partial charge in [-0.2, -0.15) is 0 Å². The van der Waals surface area contributed by atoms with Gasteiger partial charge in [-0.1, -0.05) is 49.7 Å². The zero-order chi connectivity index (χ0) is 15.6. The van der Waals surface area contributed by atoms with E-state index < -0.39 is 0 Å². The highest BCUT2D eigenvalue weighted by Gasteiger charge is 2.10. The second kappa shape index (κ2) is 6.44. The van der Waals surface area contributed by atoms with Crippen LogP contribution in [0.25, 0.3) is 11.1 Å². The van der Waals surface area contributed by atoms with E-state index in [0.717, 1.165) is 6.54 Å². The first-order valence-corrected chi connectivity index (χ1v) is 7.79. The molecular formula is C20H27N. The molecule has 0 fully saturated rings. The molecule has 0 aromatic heterocycles. The summed E-state index contributed by atoms with van der Waals surface area (Å²) in [5, 5.41) is 3.54. The van der Waals surface area contributed by atoms with Gasteiger partial charge in [0.15, 0.2) is 0 Å². The fraction of sp³-hybridized carbons (Fsp3) is 0.400. The second-order valence-electron chi connectivity index (χ2n) is 6.45. The van der Waals surface area contributed by atoms with Crippen LogP contribution < -0.4 is 5.32 Å². The van der Waals surface area contributed by atoms with Crippen molar-refractivity contribution in [3.05, 3.63) is 58.1 Å². The highest BCUT2D eigenvalue weighted by Crippen LogP contribution is 2.30. The summed E-state index contributed by atoms with van der Waals surface area (Å²) in [6.07, 6.45) is 0. The summed E-state index contributed by atoms with van der Waals surface area (Å²) in [4.78, 5) is 0. The van der Waals surface area contributed by atoms with E-state index in [0.29, 0.717) is 6.04 Å². The molecule has 0 saturated carbocycles. The molecule has 0 atom stereocenters. The summed E-state index contributed by atoms with van der Waals surface area (Å²) < 4.78 is 0. The average molecular weight is 281 g/mol. The Morgan fingerprint density at radius 1 is 0.810 bits per heavy atom. The standard InChI is InChI=1S/C20H27N/c1-13(2)21-12-18-8-7-14(3)9-20(18)19-11-16(5)15(4)10-17(19)6/h7-11,13,21H,12H2,1-6H3. The summed E-state index contributed by atoms with van der Waals surface area (Å²) in [5.74, 6) is 0. The van der Waals surface area contributed by atoms with Crippen LogP contribution in [0.3, 0.4) is 0 Å². The minimum Gasteiger partial charge on any atom is -0.310 e. The Morgan fingerprint density at radius 3 is 2.14 bits per heavy atom. The second-order valence-corrected chi connectivity index (χ2v) is 6.45. The van der Waals surface area contributed by atoms with Crippen molar-refractivity contribution in [3.8, 4) is 11.1 Å². The number of aryl methyl sites for hydroxylation is 4. The maximum absolute atomic E-state index is 3.54. The van der Waals surface area contributed by atoms with Crippen LogP contribution in [0.15, 0.2) is 30.3 Å². The average Bonchev–Trinajstić information content (AvgIpc) is 2.41. The Hall–Kier alpha value is -1.60. The van der Waals surface area contributed by atoms with Gasteiger partial charge in [-0.05, 0) is 61.1 Å². The molecule has 0 amide bonds. The largest absolute Gasteiger partial charge is 0.310 e. The van der Waals surface area contributed by atoms with E-state index in [4.69, 9.17) is 0 Å². The van der Waals surface area contributed by atoms with E-state index in [-0.39, 0.29) is 0 Å². The predicted molar refractivity (Wildman–Crippen MR) is 92.8 cm³/mol. The molecule has 0 bridgehead atoms. The first-order valence-electron chi connectivity index (χ1n) is 7.79. The van der Waals surface area contributed by atoms with E-state index in [9.17, 15) is 0 Å². The molecule has 0 heterocycles. The highest BCUT2D eigenvalue weighted by molar-refractivity contribution is 5.72. The van der Waals surface area contributed by atoms with Crippen LogP contribution in [-0.4, -0.2) is 6.04 Å². The monoisotopic (exact) mass is 281 g/mol. The van der Waals surface area contributed by atoms with Gasteiger partial charge in [0.05, 0.1) is 0 Å². The third-order valence-corrected chi connectivity index (χ3v) is 4.10. The van der Waals surface area contributed by atoms with Crippen molar-refractivity contribution in [3.63, 3.8) is 0 Å². The maximum Gasteiger partial charge on any atom is 0.0214 e. The third-order valence-electron chi connectivity index (χ3n) is 4.10. The van der Waals surface area contributed by atoms with E-state index in [1.165, 1.54) is 38.9 Å². The van der Waals surface area contributed by atoms with Crippen molar-refractivity contribution in [1.29, 1.82) is 0 Å². The number of rotatable bonds is 4. The summed E-state index contributed by atoms with van der Waals surface area (Å²) in [6.45, 7) is 14.1. The van der Waals surface area contributed by atoms with Gasteiger partial charge in [0.2, 0.25) is 0 Å². The SMILES string of the molecule is Cc1ccc(CNC(C)C)c(-c2cc(C)c(C)cc2C)c1. The van der Waals surface area contributed by atoms with Gasteiger partial charge in [0.25, 0.3) is 0 Å². The van der Waals surface area contributed by atoms with Crippen LogP contribution in [0.4, 0.5) is 0 Å². The number of nitrogens with one attached hydrogen (secondary N) is 1.